The summed E-state index contributed by atoms with van der Waals surface area (Å²) in [5.74, 6) is 0. The van der Waals surface area contributed by atoms with E-state index < -0.39 is 14.7 Å². The number of hydrogen-bond donors (Lipinski definition) is 0. The molecule has 0 aliphatic rings. The first kappa shape index (κ1) is 18.0. The molecule has 25 heavy (non-hydrogen) atoms. The zero-order valence-electron chi connectivity index (χ0n) is 16.1. The van der Waals surface area contributed by atoms with Crippen LogP contribution in [0.5, 0.6) is 0 Å². The molecule has 0 saturated heterocycles. The first-order valence-electron chi connectivity index (χ1n) is 8.90. The van der Waals surface area contributed by atoms with Crippen LogP contribution in [0.15, 0.2) is 54.6 Å². The summed E-state index contributed by atoms with van der Waals surface area (Å²) in [4.78, 5) is 0. The van der Waals surface area contributed by atoms with Crippen LogP contribution >= 0.6 is 0 Å². The van der Waals surface area contributed by atoms with Crippen LogP contribution in [0.3, 0.4) is 0 Å². The Morgan fingerprint density at radius 3 is 0.800 bits per heavy atom. The average molecular weight is 390 g/mol. The average Bonchev–Trinajstić information content (AvgIpc) is 2.53. The van der Waals surface area contributed by atoms with Crippen LogP contribution in [0, 0.1) is 41.5 Å². The molecule has 0 aliphatic heterocycles. The van der Waals surface area contributed by atoms with Crippen molar-refractivity contribution < 1.29 is 0 Å². The van der Waals surface area contributed by atoms with E-state index in [0.717, 1.165) is 0 Å². The predicted octanol–water partition coefficient (Wildman–Crippen LogP) is 4.05. The Labute approximate surface area is 157 Å². The number of hydrogen-bond acceptors (Lipinski definition) is 0. The van der Waals surface area contributed by atoms with Crippen molar-refractivity contribution >= 4 is 27.7 Å². The zero-order valence-corrected chi connectivity index (χ0v) is 18.0. The molecule has 0 radical (unpaired) electrons. The molecule has 0 N–H and O–H groups in total. The topological polar surface area (TPSA) is 0 Å². The minimum absolute atomic E-state index is 1.44. The molecule has 3 rings (SSSR count). The van der Waals surface area contributed by atoms with E-state index >= 15 is 0 Å². The molecule has 3 aromatic rings. The molecule has 0 nitrogen and oxygen atoms in total. The summed E-state index contributed by atoms with van der Waals surface area (Å²) < 4.78 is 4.81. The number of rotatable bonds is 3. The first-order valence-corrected chi connectivity index (χ1v) is 11.7. The molecule has 0 amide bonds. The molecule has 0 bridgehead atoms. The van der Waals surface area contributed by atoms with Gasteiger partial charge in [-0.15, -0.1) is 0 Å². The second-order valence-corrected chi connectivity index (χ2v) is 11.3. The van der Waals surface area contributed by atoms with E-state index in [4.69, 9.17) is 0 Å². The van der Waals surface area contributed by atoms with Crippen molar-refractivity contribution in [2.24, 2.45) is 0 Å². The Kier molecular flexibility index (Phi) is 5.21. The maximum absolute atomic E-state index is 2.28. The van der Waals surface area contributed by atoms with Crippen molar-refractivity contribution in [1.29, 1.82) is 0 Å². The normalized spacial score (nSPS) is 11.2. The van der Waals surface area contributed by atoms with Gasteiger partial charge in [-0.05, 0) is 0 Å². The molecule has 0 aliphatic carbocycles. The Morgan fingerprint density at radius 1 is 0.400 bits per heavy atom. The molecule has 0 fully saturated rings. The van der Waals surface area contributed by atoms with Gasteiger partial charge in [-0.3, -0.25) is 0 Å². The Balaban J connectivity index is 2.42. The molecular formula is C24H27As. The van der Waals surface area contributed by atoms with E-state index in [1.165, 1.54) is 33.4 Å². The van der Waals surface area contributed by atoms with E-state index in [9.17, 15) is 0 Å². The summed E-state index contributed by atoms with van der Waals surface area (Å²) in [5.41, 5.74) is 8.61. The first-order chi connectivity index (χ1) is 11.9. The standard InChI is InChI=1S/C24H27As/c1-16-10-7-11-17(2)22(16)25(23-18(3)12-8-13-19(23)4)24-20(5)14-9-15-21(24)6/h7-15H,1-6H3. The third-order valence-electron chi connectivity index (χ3n) is 4.99. The van der Waals surface area contributed by atoms with Crippen molar-refractivity contribution in [3.8, 4) is 0 Å². The second-order valence-electron chi connectivity index (χ2n) is 7.06. The van der Waals surface area contributed by atoms with Crippen molar-refractivity contribution in [1.82, 2.24) is 0 Å². The van der Waals surface area contributed by atoms with E-state index in [0.29, 0.717) is 0 Å². The molecule has 0 heterocycles. The molecule has 0 aromatic heterocycles. The molecule has 0 spiro atoms. The van der Waals surface area contributed by atoms with E-state index in [1.54, 1.807) is 13.1 Å². The van der Waals surface area contributed by atoms with Crippen LogP contribution in [-0.4, -0.2) is 14.7 Å². The fourth-order valence-electron chi connectivity index (χ4n) is 3.81. The monoisotopic (exact) mass is 390 g/mol. The number of benzene rings is 3. The summed E-state index contributed by atoms with van der Waals surface area (Å²) in [6.07, 6.45) is 0. The summed E-state index contributed by atoms with van der Waals surface area (Å²) in [6, 6.07) is 20.3. The van der Waals surface area contributed by atoms with Crippen molar-refractivity contribution in [2.75, 3.05) is 0 Å². The van der Waals surface area contributed by atoms with Crippen molar-refractivity contribution in [3.05, 3.63) is 88.0 Å². The van der Waals surface area contributed by atoms with Gasteiger partial charge in [0.2, 0.25) is 0 Å². The summed E-state index contributed by atoms with van der Waals surface area (Å²) >= 11 is -1.64. The third kappa shape index (κ3) is 3.33. The van der Waals surface area contributed by atoms with Crippen LogP contribution in [0.4, 0.5) is 0 Å². The maximum atomic E-state index is 2.28. The van der Waals surface area contributed by atoms with Crippen LogP contribution < -0.4 is 13.1 Å². The third-order valence-corrected chi connectivity index (χ3v) is 12.2. The fraction of sp³-hybridized carbons (Fsp3) is 0.250. The zero-order chi connectivity index (χ0) is 18.1. The Morgan fingerprint density at radius 2 is 0.600 bits per heavy atom. The van der Waals surface area contributed by atoms with Gasteiger partial charge in [-0.25, -0.2) is 0 Å². The molecule has 0 unspecified atom stereocenters. The van der Waals surface area contributed by atoms with E-state index in [1.807, 2.05) is 0 Å². The summed E-state index contributed by atoms with van der Waals surface area (Å²) in [6.45, 7) is 13.7. The molecule has 1 heteroatoms. The van der Waals surface area contributed by atoms with Gasteiger partial charge in [-0.2, -0.15) is 0 Å². The second kappa shape index (κ2) is 7.22. The van der Waals surface area contributed by atoms with Crippen molar-refractivity contribution in [2.45, 2.75) is 41.5 Å². The Bertz CT molecular complexity index is 738. The van der Waals surface area contributed by atoms with Gasteiger partial charge in [0.1, 0.15) is 0 Å². The van der Waals surface area contributed by atoms with Gasteiger partial charge in [0, 0.05) is 0 Å². The minimum atomic E-state index is -1.64. The van der Waals surface area contributed by atoms with E-state index in [-0.39, 0.29) is 0 Å². The van der Waals surface area contributed by atoms with Crippen LogP contribution in [0.25, 0.3) is 0 Å². The SMILES string of the molecule is Cc1cccc(C)c1[As](c1c(C)cccc1C)c1c(C)cccc1C. The fourth-order valence-corrected chi connectivity index (χ4v) is 10.6. The van der Waals surface area contributed by atoms with Crippen LogP contribution in [-0.2, 0) is 0 Å². The quantitative estimate of drug-likeness (QED) is 0.592. The van der Waals surface area contributed by atoms with Gasteiger partial charge in [-0.1, -0.05) is 0 Å². The molecule has 0 atom stereocenters. The predicted molar refractivity (Wildman–Crippen MR) is 112 cm³/mol. The molecule has 0 saturated carbocycles. The van der Waals surface area contributed by atoms with Gasteiger partial charge in [0.25, 0.3) is 0 Å². The van der Waals surface area contributed by atoms with Gasteiger partial charge in [0.05, 0.1) is 0 Å². The summed E-state index contributed by atoms with van der Waals surface area (Å²) in [5, 5.41) is 0. The van der Waals surface area contributed by atoms with Crippen LogP contribution in [0.2, 0.25) is 0 Å². The molecule has 3 aromatic carbocycles. The van der Waals surface area contributed by atoms with Gasteiger partial charge < -0.3 is 0 Å². The Hall–Kier alpha value is -1.78. The van der Waals surface area contributed by atoms with Gasteiger partial charge in [0.15, 0.2) is 0 Å². The van der Waals surface area contributed by atoms with Crippen molar-refractivity contribution in [3.63, 3.8) is 0 Å². The summed E-state index contributed by atoms with van der Waals surface area (Å²) in [7, 11) is 0. The van der Waals surface area contributed by atoms with Crippen LogP contribution in [0.1, 0.15) is 33.4 Å². The molecule has 128 valence electrons. The van der Waals surface area contributed by atoms with Gasteiger partial charge >= 0.3 is 157 Å². The number of aryl methyl sites for hydroxylation is 6. The molecular weight excluding hydrogens is 363 g/mol. The van der Waals surface area contributed by atoms with E-state index in [2.05, 4.69) is 96.1 Å².